The zero-order valence-corrected chi connectivity index (χ0v) is 15.8. The van der Waals surface area contributed by atoms with Gasteiger partial charge in [0, 0.05) is 19.1 Å². The number of carbonyl (C=O) groups excluding carboxylic acids is 3. The summed E-state index contributed by atoms with van der Waals surface area (Å²) >= 11 is 0. The number of nitrogens with one attached hydrogen (secondary N) is 3. The van der Waals surface area contributed by atoms with Crippen molar-refractivity contribution in [1.82, 2.24) is 20.5 Å². The number of nitrogens with zero attached hydrogens (tertiary/aromatic N) is 1. The van der Waals surface area contributed by atoms with E-state index in [1.54, 1.807) is 0 Å². The number of hydrogen-bond donors (Lipinski definition) is 3. The quantitative estimate of drug-likeness (QED) is 0.461. The van der Waals surface area contributed by atoms with Gasteiger partial charge in [0.1, 0.15) is 5.82 Å². The summed E-state index contributed by atoms with van der Waals surface area (Å²) < 4.78 is 39.6. The Morgan fingerprint density at radius 2 is 1.68 bits per heavy atom. The number of sulfonamides is 1. The van der Waals surface area contributed by atoms with E-state index in [1.165, 1.54) is 12.1 Å². The number of halogens is 1. The van der Waals surface area contributed by atoms with Crippen LogP contribution in [0.3, 0.4) is 0 Å². The van der Waals surface area contributed by atoms with Crippen LogP contribution in [-0.2, 0) is 24.4 Å². The fraction of sp³-hybridized carbons (Fsp3) is 0.471. The molecule has 3 N–H and O–H groups in total. The highest BCUT2D eigenvalue weighted by Gasteiger charge is 2.34. The van der Waals surface area contributed by atoms with Gasteiger partial charge in [-0.3, -0.25) is 25.2 Å². The number of hydrazine groups is 1. The topological polar surface area (TPSA) is 125 Å². The first-order valence-electron chi connectivity index (χ1n) is 8.94. The van der Waals surface area contributed by atoms with Crippen molar-refractivity contribution in [3.63, 3.8) is 0 Å². The van der Waals surface area contributed by atoms with Crippen LogP contribution in [0.1, 0.15) is 25.7 Å². The normalized spacial score (nSPS) is 20.2. The monoisotopic (exact) mass is 412 g/mol. The highest BCUT2D eigenvalue weighted by atomic mass is 32.2. The molecule has 0 aromatic heterocycles. The third-order valence-corrected chi connectivity index (χ3v) is 6.50. The summed E-state index contributed by atoms with van der Waals surface area (Å²) in [7, 11) is -3.86. The van der Waals surface area contributed by atoms with Gasteiger partial charge in [-0.05, 0) is 49.9 Å². The molecule has 0 spiro atoms. The van der Waals surface area contributed by atoms with Crippen LogP contribution in [0.4, 0.5) is 4.39 Å². The van der Waals surface area contributed by atoms with Crippen molar-refractivity contribution in [2.24, 2.45) is 5.92 Å². The standard InChI is InChI=1S/C17H21FN4O5S/c18-12-3-7-14(8-4-12)28(26,27)22-9-1-2-11(10-22)15(23)20-21-17(25)16(24)19-13-5-6-13/h3-4,7-8,11,13H,1-2,5-6,9-10H2,(H,19,24)(H,20,23)(H,21,25)/t11-/m0/s1. The molecule has 1 aliphatic heterocycles. The van der Waals surface area contributed by atoms with Gasteiger partial charge in [0.25, 0.3) is 0 Å². The van der Waals surface area contributed by atoms with Crippen LogP contribution in [0.5, 0.6) is 0 Å². The van der Waals surface area contributed by atoms with Gasteiger partial charge in [0.05, 0.1) is 10.8 Å². The van der Waals surface area contributed by atoms with E-state index in [0.29, 0.717) is 12.8 Å². The Kier molecular flexibility index (Phi) is 5.94. The van der Waals surface area contributed by atoms with Crippen LogP contribution in [0.2, 0.25) is 0 Å². The lowest BCUT2D eigenvalue weighted by molar-refractivity contribution is -0.141. The molecule has 0 bridgehead atoms. The number of benzene rings is 1. The minimum atomic E-state index is -3.86. The minimum absolute atomic E-state index is 0.0116. The number of piperidine rings is 1. The van der Waals surface area contributed by atoms with Gasteiger partial charge in [0.15, 0.2) is 0 Å². The maximum Gasteiger partial charge on any atom is 0.327 e. The van der Waals surface area contributed by atoms with Gasteiger partial charge in [0.2, 0.25) is 15.9 Å². The second-order valence-corrected chi connectivity index (χ2v) is 8.79. The lowest BCUT2D eigenvalue weighted by atomic mass is 9.99. The lowest BCUT2D eigenvalue weighted by Crippen LogP contribution is -2.53. The molecule has 0 unspecified atom stereocenters. The number of amides is 3. The van der Waals surface area contributed by atoms with Crippen LogP contribution in [0.25, 0.3) is 0 Å². The number of hydrogen-bond acceptors (Lipinski definition) is 5. The molecule has 28 heavy (non-hydrogen) atoms. The molecule has 11 heteroatoms. The second kappa shape index (κ2) is 8.23. The van der Waals surface area contributed by atoms with E-state index in [4.69, 9.17) is 0 Å². The summed E-state index contributed by atoms with van der Waals surface area (Å²) in [6.45, 7) is 0.162. The Bertz CT molecular complexity index is 870. The molecule has 9 nitrogen and oxygen atoms in total. The molecule has 1 aromatic rings. The van der Waals surface area contributed by atoms with E-state index in [1.807, 2.05) is 5.43 Å². The minimum Gasteiger partial charge on any atom is -0.345 e. The summed E-state index contributed by atoms with van der Waals surface area (Å²) in [4.78, 5) is 35.4. The Morgan fingerprint density at radius 1 is 1.00 bits per heavy atom. The fourth-order valence-electron chi connectivity index (χ4n) is 2.89. The van der Waals surface area contributed by atoms with Gasteiger partial charge < -0.3 is 5.32 Å². The average molecular weight is 412 g/mol. The first-order chi connectivity index (χ1) is 13.3. The molecule has 0 radical (unpaired) electrons. The summed E-state index contributed by atoms with van der Waals surface area (Å²) in [6.07, 6.45) is 2.54. The Labute approximate surface area is 161 Å². The largest absolute Gasteiger partial charge is 0.345 e. The molecular weight excluding hydrogens is 391 g/mol. The Hall–Kier alpha value is -2.53. The zero-order valence-electron chi connectivity index (χ0n) is 15.0. The average Bonchev–Trinajstić information content (AvgIpc) is 3.50. The summed E-state index contributed by atoms with van der Waals surface area (Å²) in [6, 6.07) is 4.48. The molecule has 152 valence electrons. The molecular formula is C17H21FN4O5S. The molecule has 1 aliphatic carbocycles. The van der Waals surface area contributed by atoms with Crippen molar-refractivity contribution in [3.05, 3.63) is 30.1 Å². The molecule has 1 saturated heterocycles. The third-order valence-electron chi connectivity index (χ3n) is 4.62. The van der Waals surface area contributed by atoms with E-state index in [9.17, 15) is 27.2 Å². The van der Waals surface area contributed by atoms with Crippen molar-refractivity contribution in [2.75, 3.05) is 13.1 Å². The molecule has 1 heterocycles. The van der Waals surface area contributed by atoms with E-state index < -0.39 is 39.5 Å². The molecule has 1 atom stereocenters. The SMILES string of the molecule is O=C(NNC(=O)[C@H]1CCCN(S(=O)(=O)c2ccc(F)cc2)C1)C(=O)NC1CC1. The number of carbonyl (C=O) groups is 3. The number of rotatable bonds is 4. The Morgan fingerprint density at radius 3 is 2.32 bits per heavy atom. The molecule has 2 aliphatic rings. The summed E-state index contributed by atoms with van der Waals surface area (Å²) in [5, 5.41) is 2.49. The maximum absolute atomic E-state index is 13.0. The van der Waals surface area contributed by atoms with Crippen LogP contribution >= 0.6 is 0 Å². The van der Waals surface area contributed by atoms with Crippen molar-refractivity contribution in [3.8, 4) is 0 Å². The van der Waals surface area contributed by atoms with E-state index in [0.717, 1.165) is 29.3 Å². The van der Waals surface area contributed by atoms with Gasteiger partial charge >= 0.3 is 11.8 Å². The first-order valence-corrected chi connectivity index (χ1v) is 10.4. The van der Waals surface area contributed by atoms with Crippen LogP contribution in [0.15, 0.2) is 29.2 Å². The van der Waals surface area contributed by atoms with E-state index >= 15 is 0 Å². The van der Waals surface area contributed by atoms with Gasteiger partial charge in [-0.2, -0.15) is 4.31 Å². The fourth-order valence-corrected chi connectivity index (χ4v) is 4.41. The predicted molar refractivity (Wildman–Crippen MR) is 95.3 cm³/mol. The molecule has 3 amide bonds. The van der Waals surface area contributed by atoms with Gasteiger partial charge in [-0.1, -0.05) is 0 Å². The maximum atomic E-state index is 13.0. The first kappa shape index (κ1) is 20.2. The lowest BCUT2D eigenvalue weighted by Gasteiger charge is -2.31. The molecule has 1 aromatic carbocycles. The van der Waals surface area contributed by atoms with Gasteiger partial charge in [-0.25, -0.2) is 12.8 Å². The van der Waals surface area contributed by atoms with Crippen molar-refractivity contribution in [2.45, 2.75) is 36.6 Å². The van der Waals surface area contributed by atoms with E-state index in [-0.39, 0.29) is 24.0 Å². The highest BCUT2D eigenvalue weighted by molar-refractivity contribution is 7.89. The third kappa shape index (κ3) is 4.84. The molecule has 1 saturated carbocycles. The van der Waals surface area contributed by atoms with Crippen LogP contribution in [-0.4, -0.2) is 49.6 Å². The Balaban J connectivity index is 1.56. The second-order valence-electron chi connectivity index (χ2n) is 6.85. The predicted octanol–water partition coefficient (Wildman–Crippen LogP) is -0.348. The van der Waals surface area contributed by atoms with Gasteiger partial charge in [-0.15, -0.1) is 0 Å². The smallest absolute Gasteiger partial charge is 0.327 e. The van der Waals surface area contributed by atoms with Crippen molar-refractivity contribution < 1.29 is 27.2 Å². The molecule has 3 rings (SSSR count). The van der Waals surface area contributed by atoms with E-state index in [2.05, 4.69) is 10.7 Å². The summed E-state index contributed by atoms with van der Waals surface area (Å²) in [5.74, 6) is -3.61. The van der Waals surface area contributed by atoms with Crippen LogP contribution < -0.4 is 16.2 Å². The molecule has 2 fully saturated rings. The van der Waals surface area contributed by atoms with Crippen molar-refractivity contribution in [1.29, 1.82) is 0 Å². The zero-order chi connectivity index (χ0) is 20.3. The highest BCUT2D eigenvalue weighted by Crippen LogP contribution is 2.24. The van der Waals surface area contributed by atoms with Crippen LogP contribution in [0, 0.1) is 11.7 Å². The summed E-state index contributed by atoms with van der Waals surface area (Å²) in [5.41, 5.74) is 4.22. The van der Waals surface area contributed by atoms with Crippen molar-refractivity contribution >= 4 is 27.7 Å².